The van der Waals surface area contributed by atoms with Crippen LogP contribution >= 0.6 is 0 Å². The van der Waals surface area contributed by atoms with E-state index in [1.807, 2.05) is 24.3 Å². The van der Waals surface area contributed by atoms with E-state index in [2.05, 4.69) is 29.0 Å². The highest BCUT2D eigenvalue weighted by Gasteiger charge is 2.26. The van der Waals surface area contributed by atoms with E-state index < -0.39 is 0 Å². The summed E-state index contributed by atoms with van der Waals surface area (Å²) < 4.78 is 13.9. The van der Waals surface area contributed by atoms with Crippen molar-refractivity contribution in [2.75, 3.05) is 65.7 Å². The minimum atomic E-state index is -0.347. The highest BCUT2D eigenvalue weighted by atomic mass is 16.5. The van der Waals surface area contributed by atoms with Crippen LogP contribution in [-0.4, -0.2) is 96.7 Å². The molecule has 2 aliphatic rings. The number of aromatic nitrogens is 2. The second kappa shape index (κ2) is 11.3. The molecule has 9 heteroatoms. The number of hydrogen-bond acceptors (Lipinski definition) is 6. The Balaban J connectivity index is 1.54. The molecule has 2 aromatic rings. The van der Waals surface area contributed by atoms with Gasteiger partial charge in [-0.25, -0.2) is 14.2 Å². The van der Waals surface area contributed by atoms with Crippen LogP contribution < -0.4 is 11.0 Å². The lowest BCUT2D eigenvalue weighted by Crippen LogP contribution is -2.52. The first-order chi connectivity index (χ1) is 16.1. The third-order valence-electron chi connectivity index (χ3n) is 6.98. The molecule has 1 amide bonds. The Bertz CT molecular complexity index is 975. The van der Waals surface area contributed by atoms with Gasteiger partial charge in [-0.05, 0) is 18.1 Å². The van der Waals surface area contributed by atoms with Gasteiger partial charge in [0.05, 0.1) is 37.5 Å². The second-order valence-electron chi connectivity index (χ2n) is 9.07. The molecule has 1 aromatic carbocycles. The average molecular weight is 460 g/mol. The maximum atomic E-state index is 13.4. The highest BCUT2D eigenvalue weighted by Crippen LogP contribution is 2.15. The Morgan fingerprint density at radius 3 is 2.21 bits per heavy atom. The lowest BCUT2D eigenvalue weighted by Gasteiger charge is -2.33. The third kappa shape index (κ3) is 5.66. The van der Waals surface area contributed by atoms with Gasteiger partial charge in [0.2, 0.25) is 0 Å². The number of nitrogens with one attached hydrogen (secondary N) is 1. The number of hydrogen-bond donors (Lipinski definition) is 1. The zero-order chi connectivity index (χ0) is 23.2. The molecule has 2 saturated heterocycles. The van der Waals surface area contributed by atoms with Gasteiger partial charge < -0.3 is 14.8 Å². The molecule has 9 nitrogen and oxygen atoms in total. The van der Waals surface area contributed by atoms with Gasteiger partial charge in [-0.3, -0.25) is 14.4 Å². The molecule has 0 saturated carbocycles. The lowest BCUT2D eigenvalue weighted by atomic mass is 9.98. The van der Waals surface area contributed by atoms with Crippen molar-refractivity contribution < 1.29 is 14.3 Å². The van der Waals surface area contributed by atoms with Crippen LogP contribution in [-0.2, 0) is 16.0 Å². The van der Waals surface area contributed by atoms with Gasteiger partial charge in [0.15, 0.2) is 0 Å². The molecule has 0 spiro atoms. The molecule has 2 fully saturated rings. The van der Waals surface area contributed by atoms with E-state index >= 15 is 0 Å². The Morgan fingerprint density at radius 1 is 0.970 bits per heavy atom. The van der Waals surface area contributed by atoms with Crippen LogP contribution in [0.3, 0.4) is 0 Å². The molecular weight excluding hydrogens is 422 g/mol. The van der Waals surface area contributed by atoms with E-state index in [1.165, 1.54) is 4.57 Å². The first-order valence-corrected chi connectivity index (χ1v) is 12.2. The number of ether oxygens (including phenoxy) is 2. The van der Waals surface area contributed by atoms with Crippen molar-refractivity contribution in [1.29, 1.82) is 0 Å². The predicted octanol–water partition coefficient (Wildman–Crippen LogP) is 1.44. The van der Waals surface area contributed by atoms with Crippen molar-refractivity contribution >= 4 is 17.1 Å². The number of benzene rings is 1. The molecule has 0 radical (unpaired) electrons. The number of imidazole rings is 1. The Morgan fingerprint density at radius 2 is 1.58 bits per heavy atom. The monoisotopic (exact) mass is 459 g/mol. The smallest absolute Gasteiger partial charge is 0.337 e. The van der Waals surface area contributed by atoms with Crippen LogP contribution in [0.25, 0.3) is 11.0 Å². The minimum Gasteiger partial charge on any atom is -0.379 e. The molecule has 2 atom stereocenters. The number of carbonyl (C=O) groups is 1. The summed E-state index contributed by atoms with van der Waals surface area (Å²) in [4.78, 5) is 31.5. The average Bonchev–Trinajstić information content (AvgIpc) is 3.14. The van der Waals surface area contributed by atoms with Gasteiger partial charge in [0.25, 0.3) is 0 Å². The molecule has 1 aromatic heterocycles. The van der Waals surface area contributed by atoms with Crippen LogP contribution in [0.1, 0.15) is 20.3 Å². The number of fused-ring (bicyclic) bond motifs is 1. The van der Waals surface area contributed by atoms with Gasteiger partial charge in [-0.1, -0.05) is 32.4 Å². The molecular formula is C24H37N5O4. The van der Waals surface area contributed by atoms with E-state index in [0.29, 0.717) is 18.0 Å². The molecule has 3 heterocycles. The van der Waals surface area contributed by atoms with E-state index in [0.717, 1.165) is 77.6 Å². The summed E-state index contributed by atoms with van der Waals surface area (Å²) in [6.45, 7) is 12.7. The largest absolute Gasteiger partial charge is 0.379 e. The highest BCUT2D eigenvalue weighted by molar-refractivity contribution is 5.89. The number of morpholine rings is 2. The molecule has 0 aliphatic carbocycles. The maximum absolute atomic E-state index is 13.4. The number of para-hydroxylation sites is 2. The fourth-order valence-electron chi connectivity index (χ4n) is 4.62. The molecule has 0 bridgehead atoms. The predicted molar refractivity (Wildman–Crippen MR) is 128 cm³/mol. The fourth-order valence-corrected chi connectivity index (χ4v) is 4.62. The summed E-state index contributed by atoms with van der Waals surface area (Å²) >= 11 is 0. The molecule has 0 unspecified atom stereocenters. The van der Waals surface area contributed by atoms with Gasteiger partial charge in [0.1, 0.15) is 0 Å². The van der Waals surface area contributed by atoms with Crippen molar-refractivity contribution in [3.8, 4) is 0 Å². The summed E-state index contributed by atoms with van der Waals surface area (Å²) in [6, 6.07) is 7.16. The van der Waals surface area contributed by atoms with Crippen molar-refractivity contribution in [3.63, 3.8) is 0 Å². The number of amides is 1. The quantitative estimate of drug-likeness (QED) is 0.644. The van der Waals surface area contributed by atoms with Crippen molar-refractivity contribution in [1.82, 2.24) is 24.3 Å². The van der Waals surface area contributed by atoms with Gasteiger partial charge in [0, 0.05) is 51.9 Å². The number of carbonyl (C=O) groups excluding carboxylic acids is 1. The number of rotatable bonds is 8. The summed E-state index contributed by atoms with van der Waals surface area (Å²) in [7, 11) is 0. The van der Waals surface area contributed by atoms with Crippen LogP contribution in [0, 0.1) is 5.92 Å². The Hall–Kier alpha value is -2.20. The zero-order valence-corrected chi connectivity index (χ0v) is 19.9. The van der Waals surface area contributed by atoms with Gasteiger partial charge >= 0.3 is 11.7 Å². The molecule has 33 heavy (non-hydrogen) atoms. The Kier molecular flexibility index (Phi) is 8.19. The summed E-state index contributed by atoms with van der Waals surface area (Å²) in [5.41, 5.74) is 1.16. The van der Waals surface area contributed by atoms with Crippen LogP contribution in [0.15, 0.2) is 29.1 Å². The second-order valence-corrected chi connectivity index (χ2v) is 9.07. The van der Waals surface area contributed by atoms with E-state index in [9.17, 15) is 9.59 Å². The summed E-state index contributed by atoms with van der Waals surface area (Å²) in [6.07, 6.45) is 0.950. The van der Waals surface area contributed by atoms with Gasteiger partial charge in [-0.15, -0.1) is 0 Å². The number of nitrogens with zero attached hydrogens (tertiary/aromatic N) is 4. The first kappa shape index (κ1) is 23.9. The van der Waals surface area contributed by atoms with E-state index in [-0.39, 0.29) is 17.8 Å². The van der Waals surface area contributed by atoms with E-state index in [4.69, 9.17) is 9.47 Å². The summed E-state index contributed by atoms with van der Waals surface area (Å²) in [5, 5.41) is 3.18. The summed E-state index contributed by atoms with van der Waals surface area (Å²) in [5.74, 6) is 0.294. The van der Waals surface area contributed by atoms with Crippen molar-refractivity contribution in [2.45, 2.75) is 32.9 Å². The molecule has 1 N–H and O–H groups in total. The maximum Gasteiger partial charge on any atom is 0.337 e. The van der Waals surface area contributed by atoms with Crippen LogP contribution in [0.5, 0.6) is 0 Å². The standard InChI is InChI=1S/C24H37N5O4/c1-3-19(2)20(18-27-12-16-33-17-13-27)25-23(30)29-22-7-5-4-6-21(22)28(24(29)31)9-8-26-10-14-32-15-11-26/h4-7,19-20H,3,8-18H2,1-2H3,(H,25,30)/t19-,20+/m0/s1. The van der Waals surface area contributed by atoms with Crippen molar-refractivity contribution in [2.24, 2.45) is 5.92 Å². The SMILES string of the molecule is CC[C@H](C)[C@@H](CN1CCOCC1)NC(=O)n1c(=O)n(CCN2CCOCC2)c2ccccc21. The zero-order valence-electron chi connectivity index (χ0n) is 19.9. The minimum absolute atomic E-state index is 0.0389. The van der Waals surface area contributed by atoms with Gasteiger partial charge in [-0.2, -0.15) is 0 Å². The Labute approximate surface area is 195 Å². The molecule has 182 valence electrons. The van der Waals surface area contributed by atoms with E-state index in [1.54, 1.807) is 4.57 Å². The van der Waals surface area contributed by atoms with Crippen LogP contribution in [0.2, 0.25) is 0 Å². The molecule has 2 aliphatic heterocycles. The van der Waals surface area contributed by atoms with Crippen molar-refractivity contribution in [3.05, 3.63) is 34.7 Å². The first-order valence-electron chi connectivity index (χ1n) is 12.2. The van der Waals surface area contributed by atoms with Crippen LogP contribution in [0.4, 0.5) is 4.79 Å². The lowest BCUT2D eigenvalue weighted by molar-refractivity contribution is 0.0311. The normalized spacial score (nSPS) is 20.1. The topological polar surface area (TPSA) is 81.0 Å². The third-order valence-corrected chi connectivity index (χ3v) is 6.98. The fraction of sp³-hybridized carbons (Fsp3) is 0.667. The molecule has 4 rings (SSSR count).